The number of imide groups is 1. The van der Waals surface area contributed by atoms with Crippen LogP contribution in [0.1, 0.15) is 31.2 Å². The molecule has 1 aliphatic rings. The standard InChI is InChI=1S/C13H13FN2O4/c14-10-7-9(5-6-11(10)16(19)20)8-15-12(17)3-1-2-4-13(15)18/h5-7H,1-4,8H2. The summed E-state index contributed by atoms with van der Waals surface area (Å²) in [7, 11) is 0. The average molecular weight is 280 g/mol. The summed E-state index contributed by atoms with van der Waals surface area (Å²) in [6.45, 7) is -0.0490. The Morgan fingerprint density at radius 1 is 1.20 bits per heavy atom. The van der Waals surface area contributed by atoms with Crippen LogP contribution in [-0.4, -0.2) is 21.6 Å². The minimum Gasteiger partial charge on any atom is -0.278 e. The zero-order valence-corrected chi connectivity index (χ0v) is 10.7. The van der Waals surface area contributed by atoms with Crippen LogP contribution in [0.5, 0.6) is 0 Å². The number of hydrogen-bond acceptors (Lipinski definition) is 4. The summed E-state index contributed by atoms with van der Waals surface area (Å²) in [6, 6.07) is 3.38. The Morgan fingerprint density at radius 3 is 2.30 bits per heavy atom. The molecule has 0 atom stereocenters. The lowest BCUT2D eigenvalue weighted by atomic mass is 10.1. The first-order valence-electron chi connectivity index (χ1n) is 6.25. The Balaban J connectivity index is 2.20. The van der Waals surface area contributed by atoms with Gasteiger partial charge >= 0.3 is 5.69 Å². The van der Waals surface area contributed by atoms with Crippen molar-refractivity contribution in [3.05, 3.63) is 39.7 Å². The molecule has 1 saturated heterocycles. The van der Waals surface area contributed by atoms with E-state index in [0.29, 0.717) is 31.2 Å². The maximum absolute atomic E-state index is 13.5. The molecule has 6 nitrogen and oxygen atoms in total. The smallest absolute Gasteiger partial charge is 0.278 e. The molecule has 2 amide bonds. The minimum atomic E-state index is -0.970. The third kappa shape index (κ3) is 2.98. The summed E-state index contributed by atoms with van der Waals surface area (Å²) in [5, 5.41) is 10.5. The number of carbonyl (C=O) groups excluding carboxylic acids is 2. The van der Waals surface area contributed by atoms with Crippen LogP contribution in [0.2, 0.25) is 0 Å². The number of benzene rings is 1. The average Bonchev–Trinajstić information content (AvgIpc) is 2.53. The summed E-state index contributed by atoms with van der Waals surface area (Å²) in [5.41, 5.74) is -0.265. The van der Waals surface area contributed by atoms with E-state index >= 15 is 0 Å². The van der Waals surface area contributed by atoms with Crippen LogP contribution in [-0.2, 0) is 16.1 Å². The fourth-order valence-electron chi connectivity index (χ4n) is 2.12. The molecule has 0 radical (unpaired) electrons. The number of likely N-dealkylation sites (tertiary alicyclic amines) is 1. The Kier molecular flexibility index (Phi) is 4.07. The van der Waals surface area contributed by atoms with E-state index in [1.807, 2.05) is 0 Å². The first kappa shape index (κ1) is 14.1. The maximum Gasteiger partial charge on any atom is 0.304 e. The van der Waals surface area contributed by atoms with Gasteiger partial charge in [0, 0.05) is 18.9 Å². The van der Waals surface area contributed by atoms with Gasteiger partial charge in [-0.2, -0.15) is 4.39 Å². The van der Waals surface area contributed by atoms with Gasteiger partial charge < -0.3 is 0 Å². The Bertz CT molecular complexity index is 555. The quantitative estimate of drug-likeness (QED) is 0.482. The molecular formula is C13H13FN2O4. The predicted molar refractivity (Wildman–Crippen MR) is 67.1 cm³/mol. The molecule has 2 rings (SSSR count). The van der Waals surface area contributed by atoms with Gasteiger partial charge in [-0.15, -0.1) is 0 Å². The highest BCUT2D eigenvalue weighted by molar-refractivity contribution is 5.95. The van der Waals surface area contributed by atoms with Crippen molar-refractivity contribution in [2.45, 2.75) is 32.2 Å². The van der Waals surface area contributed by atoms with Gasteiger partial charge in [-0.05, 0) is 24.5 Å². The number of carbonyl (C=O) groups is 2. The first-order chi connectivity index (χ1) is 9.49. The first-order valence-corrected chi connectivity index (χ1v) is 6.25. The molecule has 1 fully saturated rings. The molecule has 1 aliphatic heterocycles. The van der Waals surface area contributed by atoms with Crippen molar-refractivity contribution in [3.8, 4) is 0 Å². The van der Waals surface area contributed by atoms with Crippen LogP contribution in [0, 0.1) is 15.9 Å². The van der Waals surface area contributed by atoms with E-state index < -0.39 is 16.4 Å². The van der Waals surface area contributed by atoms with Gasteiger partial charge in [-0.1, -0.05) is 6.07 Å². The molecule has 0 saturated carbocycles. The molecule has 0 aliphatic carbocycles. The maximum atomic E-state index is 13.5. The van der Waals surface area contributed by atoms with Crippen LogP contribution >= 0.6 is 0 Å². The summed E-state index contributed by atoms with van der Waals surface area (Å²) < 4.78 is 13.5. The molecule has 1 aromatic carbocycles. The van der Waals surface area contributed by atoms with E-state index in [-0.39, 0.29) is 18.4 Å². The minimum absolute atomic E-state index is 0.0490. The molecule has 0 spiro atoms. The van der Waals surface area contributed by atoms with Crippen molar-refractivity contribution in [2.75, 3.05) is 0 Å². The lowest BCUT2D eigenvalue weighted by Gasteiger charge is -2.18. The van der Waals surface area contributed by atoms with Crippen LogP contribution in [0.4, 0.5) is 10.1 Å². The van der Waals surface area contributed by atoms with Gasteiger partial charge in [-0.3, -0.25) is 24.6 Å². The van der Waals surface area contributed by atoms with Crippen molar-refractivity contribution < 1.29 is 18.9 Å². The molecule has 7 heteroatoms. The Hall–Kier alpha value is -2.31. The zero-order valence-electron chi connectivity index (χ0n) is 10.7. The number of amides is 2. The third-order valence-electron chi connectivity index (χ3n) is 3.18. The summed E-state index contributed by atoms with van der Waals surface area (Å²) >= 11 is 0. The highest BCUT2D eigenvalue weighted by atomic mass is 19.1. The Labute approximate surface area is 114 Å². The van der Waals surface area contributed by atoms with Crippen LogP contribution in [0.3, 0.4) is 0 Å². The van der Waals surface area contributed by atoms with E-state index in [4.69, 9.17) is 0 Å². The van der Waals surface area contributed by atoms with Crippen molar-refractivity contribution in [2.24, 2.45) is 0 Å². The molecule has 1 aromatic rings. The zero-order chi connectivity index (χ0) is 14.7. The molecule has 106 valence electrons. The molecule has 0 unspecified atom stereocenters. The normalized spacial score (nSPS) is 16.1. The van der Waals surface area contributed by atoms with Crippen molar-refractivity contribution in [3.63, 3.8) is 0 Å². The van der Waals surface area contributed by atoms with Crippen LogP contribution in [0.25, 0.3) is 0 Å². The second-order valence-corrected chi connectivity index (χ2v) is 4.62. The van der Waals surface area contributed by atoms with E-state index in [0.717, 1.165) is 17.0 Å². The van der Waals surface area contributed by atoms with E-state index in [1.165, 1.54) is 6.07 Å². The van der Waals surface area contributed by atoms with Gasteiger partial charge in [0.1, 0.15) is 0 Å². The molecule has 0 aromatic heterocycles. The molecular weight excluding hydrogens is 267 g/mol. The largest absolute Gasteiger partial charge is 0.304 e. The second kappa shape index (κ2) is 5.77. The van der Waals surface area contributed by atoms with Crippen molar-refractivity contribution in [1.82, 2.24) is 4.90 Å². The summed E-state index contributed by atoms with van der Waals surface area (Å²) in [4.78, 5) is 34.4. The third-order valence-corrected chi connectivity index (χ3v) is 3.18. The number of nitrogens with zero attached hydrogens (tertiary/aromatic N) is 2. The number of halogens is 1. The molecule has 0 bridgehead atoms. The van der Waals surface area contributed by atoms with E-state index in [1.54, 1.807) is 0 Å². The highest BCUT2D eigenvalue weighted by Gasteiger charge is 2.24. The second-order valence-electron chi connectivity index (χ2n) is 4.62. The fraction of sp³-hybridized carbons (Fsp3) is 0.385. The molecule has 20 heavy (non-hydrogen) atoms. The number of rotatable bonds is 3. The lowest BCUT2D eigenvalue weighted by molar-refractivity contribution is -0.387. The molecule has 1 heterocycles. The fourth-order valence-corrected chi connectivity index (χ4v) is 2.12. The Morgan fingerprint density at radius 2 is 1.80 bits per heavy atom. The van der Waals surface area contributed by atoms with Crippen LogP contribution < -0.4 is 0 Å². The van der Waals surface area contributed by atoms with Gasteiger partial charge in [0.25, 0.3) is 0 Å². The van der Waals surface area contributed by atoms with Gasteiger partial charge in [-0.25, -0.2) is 0 Å². The topological polar surface area (TPSA) is 80.5 Å². The van der Waals surface area contributed by atoms with Crippen molar-refractivity contribution in [1.29, 1.82) is 0 Å². The lowest BCUT2D eigenvalue weighted by Crippen LogP contribution is -2.34. The summed E-state index contributed by atoms with van der Waals surface area (Å²) in [5.74, 6) is -1.54. The van der Waals surface area contributed by atoms with Crippen LogP contribution in [0.15, 0.2) is 18.2 Å². The summed E-state index contributed by atoms with van der Waals surface area (Å²) in [6.07, 6.45) is 1.91. The van der Waals surface area contributed by atoms with Crippen molar-refractivity contribution >= 4 is 17.5 Å². The molecule has 0 N–H and O–H groups in total. The van der Waals surface area contributed by atoms with Gasteiger partial charge in [0.2, 0.25) is 17.6 Å². The van der Waals surface area contributed by atoms with Gasteiger partial charge in [0.05, 0.1) is 11.5 Å². The predicted octanol–water partition coefficient (Wildman–Crippen LogP) is 2.16. The SMILES string of the molecule is O=C1CCCCC(=O)N1Cc1ccc([N+](=O)[O-])c(F)c1. The van der Waals surface area contributed by atoms with E-state index in [9.17, 15) is 24.1 Å². The highest BCUT2D eigenvalue weighted by Crippen LogP contribution is 2.21. The monoisotopic (exact) mass is 280 g/mol. The van der Waals surface area contributed by atoms with Gasteiger partial charge in [0.15, 0.2) is 0 Å². The number of nitro benzene ring substituents is 1. The number of nitro groups is 1. The van der Waals surface area contributed by atoms with E-state index in [2.05, 4.69) is 0 Å². The number of hydrogen-bond donors (Lipinski definition) is 0.